The number of anilines is 2. The molecule has 6 rings (SSSR count). The number of amides is 3. The lowest BCUT2D eigenvalue weighted by atomic mass is 9.85. The minimum Gasteiger partial charge on any atom is -0.476 e. The van der Waals surface area contributed by atoms with Gasteiger partial charge < -0.3 is 39.2 Å². The number of likely N-dealkylation sites (tertiary alicyclic amines) is 1. The van der Waals surface area contributed by atoms with Crippen molar-refractivity contribution in [3.8, 4) is 5.75 Å². The molecule has 52 heavy (non-hydrogen) atoms. The lowest BCUT2D eigenvalue weighted by Crippen LogP contribution is -2.54. The van der Waals surface area contributed by atoms with E-state index < -0.39 is 41.0 Å². The molecule has 2 aromatic carbocycles. The van der Waals surface area contributed by atoms with E-state index in [9.17, 15) is 19.5 Å². The topological polar surface area (TPSA) is 133 Å². The van der Waals surface area contributed by atoms with Gasteiger partial charge in [0.1, 0.15) is 5.75 Å². The Kier molecular flexibility index (Phi) is 10.8. The molecule has 5 atom stereocenters. The molecule has 0 radical (unpaired) electrons. The number of methoxy groups -OCH3 is 1. The van der Waals surface area contributed by atoms with E-state index in [0.29, 0.717) is 56.2 Å². The quantitative estimate of drug-likeness (QED) is 0.222. The first-order chi connectivity index (χ1) is 24.5. The Balaban J connectivity index is 1.28. The van der Waals surface area contributed by atoms with Crippen LogP contribution in [0.15, 0.2) is 48.5 Å². The molecule has 2 unspecified atom stereocenters. The van der Waals surface area contributed by atoms with Crippen molar-refractivity contribution in [3.05, 3.63) is 54.1 Å². The van der Waals surface area contributed by atoms with Gasteiger partial charge in [0.15, 0.2) is 18.1 Å². The van der Waals surface area contributed by atoms with Crippen LogP contribution in [0.25, 0.3) is 0 Å². The number of carbonyl (C=O) groups is 3. The molecule has 3 amide bonds. The third kappa shape index (κ3) is 8.63. The fourth-order valence-electron chi connectivity index (χ4n) is 7.41. The number of rotatable bonds is 13. The Bertz CT molecular complexity index is 1620. The predicted molar refractivity (Wildman–Crippen MR) is 197 cm³/mol. The second-order valence-electron chi connectivity index (χ2n) is 16.7. The van der Waals surface area contributed by atoms with Crippen LogP contribution in [0.5, 0.6) is 5.75 Å². The van der Waals surface area contributed by atoms with E-state index >= 15 is 0 Å². The van der Waals surface area contributed by atoms with Gasteiger partial charge in [0.05, 0.1) is 34.8 Å². The standard InChI is InChI=1S/C40H56N4O8/c1-38(2,3)52-36-35(50-36)42-23-26(33(45)41-32(39(4,5)48)25-13-10-9-11-14-25)21-27(24-42)34(46)44(28-15-16-28)29-17-18-31-30(22-29)43(19-12-20-49-8)37(47)40(6,7)51-31/h9-11,13-14,17-18,22,26-28,32,35-36,48H,12,15-16,19-21,23-24H2,1-8H3,(H,41,45)/t26-,27+,32-,35?,36?/m0/s1. The number of nitrogens with one attached hydrogen (secondary N) is 1. The van der Waals surface area contributed by atoms with Crippen molar-refractivity contribution in [2.24, 2.45) is 11.8 Å². The van der Waals surface area contributed by atoms with E-state index in [4.69, 9.17) is 18.9 Å². The number of benzene rings is 2. The van der Waals surface area contributed by atoms with Crippen LogP contribution in [0, 0.1) is 11.8 Å². The molecule has 3 fully saturated rings. The highest BCUT2D eigenvalue weighted by Crippen LogP contribution is 2.44. The molecule has 3 aliphatic heterocycles. The van der Waals surface area contributed by atoms with Gasteiger partial charge in [-0.15, -0.1) is 0 Å². The lowest BCUT2D eigenvalue weighted by Gasteiger charge is -2.40. The van der Waals surface area contributed by atoms with Gasteiger partial charge in [0.2, 0.25) is 11.8 Å². The molecule has 2 N–H and O–H groups in total. The zero-order chi connectivity index (χ0) is 37.6. The van der Waals surface area contributed by atoms with Crippen molar-refractivity contribution in [1.82, 2.24) is 10.2 Å². The molecule has 12 nitrogen and oxygen atoms in total. The number of hydrogen-bond acceptors (Lipinski definition) is 9. The van der Waals surface area contributed by atoms with Crippen molar-refractivity contribution < 1.29 is 38.4 Å². The fraction of sp³-hybridized carbons (Fsp3) is 0.625. The summed E-state index contributed by atoms with van der Waals surface area (Å²) in [4.78, 5) is 48.2. The number of epoxide rings is 1. The van der Waals surface area contributed by atoms with Gasteiger partial charge in [-0.3, -0.25) is 19.3 Å². The molecule has 4 aliphatic rings. The smallest absolute Gasteiger partial charge is 0.270 e. The highest BCUT2D eigenvalue weighted by molar-refractivity contribution is 6.04. The minimum atomic E-state index is -1.24. The second-order valence-corrected chi connectivity index (χ2v) is 16.7. The van der Waals surface area contributed by atoms with Gasteiger partial charge in [-0.1, -0.05) is 30.3 Å². The summed E-state index contributed by atoms with van der Waals surface area (Å²) in [6, 6.07) is 14.4. The molecule has 0 aromatic heterocycles. The first-order valence-electron chi connectivity index (χ1n) is 18.6. The van der Waals surface area contributed by atoms with E-state index in [1.54, 1.807) is 39.7 Å². The van der Waals surface area contributed by atoms with Gasteiger partial charge in [-0.05, 0) is 97.9 Å². The van der Waals surface area contributed by atoms with Crippen LogP contribution in [0.4, 0.5) is 11.4 Å². The second kappa shape index (κ2) is 14.7. The first kappa shape index (κ1) is 38.2. The summed E-state index contributed by atoms with van der Waals surface area (Å²) in [5.74, 6) is -0.937. The van der Waals surface area contributed by atoms with Crippen LogP contribution in [0.3, 0.4) is 0 Å². The minimum absolute atomic E-state index is 0.0126. The predicted octanol–water partition coefficient (Wildman–Crippen LogP) is 4.79. The monoisotopic (exact) mass is 720 g/mol. The third-order valence-electron chi connectivity index (χ3n) is 10.1. The van der Waals surface area contributed by atoms with Gasteiger partial charge >= 0.3 is 0 Å². The summed E-state index contributed by atoms with van der Waals surface area (Å²) in [5, 5.41) is 14.3. The molecule has 3 heterocycles. The van der Waals surface area contributed by atoms with Crippen LogP contribution >= 0.6 is 0 Å². The summed E-state index contributed by atoms with van der Waals surface area (Å²) in [5.41, 5.74) is -0.574. The van der Waals surface area contributed by atoms with E-state index in [1.807, 2.05) is 74.2 Å². The Morgan fingerprint density at radius 3 is 2.38 bits per heavy atom. The summed E-state index contributed by atoms with van der Waals surface area (Å²) >= 11 is 0. The van der Waals surface area contributed by atoms with E-state index in [-0.39, 0.29) is 30.0 Å². The third-order valence-corrected chi connectivity index (χ3v) is 10.1. The lowest BCUT2D eigenvalue weighted by molar-refractivity contribution is -0.134. The van der Waals surface area contributed by atoms with E-state index in [1.165, 1.54) is 0 Å². The highest BCUT2D eigenvalue weighted by Gasteiger charge is 2.52. The molecular formula is C40H56N4O8. The van der Waals surface area contributed by atoms with E-state index in [2.05, 4.69) is 10.2 Å². The first-order valence-corrected chi connectivity index (χ1v) is 18.6. The molecule has 284 valence electrons. The number of aliphatic hydroxyl groups is 1. The van der Waals surface area contributed by atoms with Gasteiger partial charge in [0, 0.05) is 45.1 Å². The Morgan fingerprint density at radius 2 is 1.75 bits per heavy atom. The molecule has 0 spiro atoms. The number of fused-ring (bicyclic) bond motifs is 1. The molecule has 2 saturated heterocycles. The van der Waals surface area contributed by atoms with Crippen molar-refractivity contribution in [2.45, 2.75) is 116 Å². The molecule has 1 saturated carbocycles. The summed E-state index contributed by atoms with van der Waals surface area (Å²) in [7, 11) is 1.64. The Hall–Kier alpha value is -3.55. The average Bonchev–Trinajstić information content (AvgIpc) is 4.02. The van der Waals surface area contributed by atoms with Crippen molar-refractivity contribution in [1.29, 1.82) is 0 Å². The maximum absolute atomic E-state index is 14.8. The number of piperidine rings is 1. The zero-order valence-electron chi connectivity index (χ0n) is 31.9. The zero-order valence-corrected chi connectivity index (χ0v) is 31.9. The largest absolute Gasteiger partial charge is 0.476 e. The number of nitrogens with zero attached hydrogens (tertiary/aromatic N) is 3. The molecule has 2 aromatic rings. The fourth-order valence-corrected chi connectivity index (χ4v) is 7.41. The molecular weight excluding hydrogens is 664 g/mol. The van der Waals surface area contributed by atoms with Crippen molar-refractivity contribution in [2.75, 3.05) is 43.2 Å². The number of ether oxygens (including phenoxy) is 4. The average molecular weight is 721 g/mol. The highest BCUT2D eigenvalue weighted by atomic mass is 16.8. The summed E-state index contributed by atoms with van der Waals surface area (Å²) in [6.07, 6.45) is 1.86. The Labute approximate surface area is 307 Å². The Morgan fingerprint density at radius 1 is 1.06 bits per heavy atom. The SMILES string of the molecule is COCCCN1C(=O)C(C)(C)Oc2ccc(N(C(=O)[C@@H]3C[C@H](C(=O)N[C@@H](c4ccccc4)C(C)(C)O)CN(C4OC4OC(C)(C)C)C3)C3CC3)cc21. The summed E-state index contributed by atoms with van der Waals surface area (Å²) in [6.45, 7) is 14.5. The maximum atomic E-state index is 14.8. The summed E-state index contributed by atoms with van der Waals surface area (Å²) < 4.78 is 23.5. The molecule has 1 aliphatic carbocycles. The maximum Gasteiger partial charge on any atom is 0.270 e. The molecule has 0 bridgehead atoms. The van der Waals surface area contributed by atoms with Crippen molar-refractivity contribution >= 4 is 29.1 Å². The normalized spacial score (nSPS) is 25.2. The van der Waals surface area contributed by atoms with Gasteiger partial charge in [0.25, 0.3) is 5.91 Å². The van der Waals surface area contributed by atoms with Crippen LogP contribution in [-0.4, -0.2) is 96.4 Å². The molecule has 12 heteroatoms. The van der Waals surface area contributed by atoms with Crippen LogP contribution in [0.1, 0.15) is 85.8 Å². The number of hydrogen-bond donors (Lipinski definition) is 2. The van der Waals surface area contributed by atoms with Crippen LogP contribution < -0.4 is 19.9 Å². The van der Waals surface area contributed by atoms with E-state index in [0.717, 1.165) is 18.4 Å². The van der Waals surface area contributed by atoms with Crippen LogP contribution in [-0.2, 0) is 28.6 Å². The number of carbonyl (C=O) groups excluding carboxylic acids is 3. The van der Waals surface area contributed by atoms with Gasteiger partial charge in [-0.25, -0.2) is 0 Å². The van der Waals surface area contributed by atoms with Crippen molar-refractivity contribution in [3.63, 3.8) is 0 Å². The van der Waals surface area contributed by atoms with Gasteiger partial charge in [-0.2, -0.15) is 0 Å². The van der Waals surface area contributed by atoms with Crippen LogP contribution in [0.2, 0.25) is 0 Å².